The number of hydrogen-bond donors (Lipinski definition) is 0. The van der Waals surface area contributed by atoms with E-state index in [0.717, 1.165) is 52.2 Å². The van der Waals surface area contributed by atoms with Crippen molar-refractivity contribution in [3.63, 3.8) is 0 Å². The molecule has 1 aromatic heterocycles. The number of nitrogens with zero attached hydrogens (tertiary/aromatic N) is 4. The molecule has 0 spiro atoms. The third kappa shape index (κ3) is 4.36. The Labute approximate surface area is 169 Å². The fourth-order valence-electron chi connectivity index (χ4n) is 4.18. The topological polar surface area (TPSA) is 86.3 Å². The summed E-state index contributed by atoms with van der Waals surface area (Å²) in [6.45, 7) is 8.94. The van der Waals surface area contributed by atoms with Crippen LogP contribution in [0.15, 0.2) is 39.7 Å². The van der Waals surface area contributed by atoms with Crippen LogP contribution < -0.4 is 17.1 Å². The minimum atomic E-state index is -0.776. The zero-order valence-electron chi connectivity index (χ0n) is 17.1. The van der Waals surface area contributed by atoms with E-state index in [1.165, 1.54) is 12.2 Å². The van der Waals surface area contributed by atoms with Crippen LogP contribution in [-0.4, -0.2) is 36.6 Å². The summed E-state index contributed by atoms with van der Waals surface area (Å²) in [5, 5.41) is 0. The second-order valence-corrected chi connectivity index (χ2v) is 8.18. The molecule has 8 heteroatoms. The monoisotopic (exact) mass is 402 g/mol. The lowest BCUT2D eigenvalue weighted by Crippen LogP contribution is -2.56. The number of carbonyl (C=O) groups is 1. The maximum absolute atomic E-state index is 13.2. The van der Waals surface area contributed by atoms with Gasteiger partial charge in [0.05, 0.1) is 13.1 Å². The van der Waals surface area contributed by atoms with E-state index in [1.807, 2.05) is 4.90 Å². The van der Waals surface area contributed by atoms with E-state index in [4.69, 9.17) is 0 Å². The first kappa shape index (κ1) is 21.1. The first-order valence-corrected chi connectivity index (χ1v) is 10.4. The van der Waals surface area contributed by atoms with Crippen LogP contribution >= 0.6 is 0 Å². The molecule has 0 aromatic carbocycles. The number of hydrogen-bond acceptors (Lipinski definition) is 4. The average molecular weight is 402 g/mol. The molecule has 0 atom stereocenters. The summed E-state index contributed by atoms with van der Waals surface area (Å²) in [5.74, 6) is 0.443. The summed E-state index contributed by atoms with van der Waals surface area (Å²) in [6, 6.07) is 0.363. The molecular formula is C21H30N4O4. The highest BCUT2D eigenvalue weighted by molar-refractivity contribution is 5.77. The zero-order valence-corrected chi connectivity index (χ0v) is 17.1. The van der Waals surface area contributed by atoms with Crippen molar-refractivity contribution in [2.75, 3.05) is 0 Å². The molecule has 29 heavy (non-hydrogen) atoms. The molecule has 1 aromatic rings. The van der Waals surface area contributed by atoms with E-state index in [0.29, 0.717) is 5.92 Å². The molecule has 2 saturated carbocycles. The van der Waals surface area contributed by atoms with Gasteiger partial charge in [-0.2, -0.15) is 0 Å². The Bertz CT molecular complexity index is 910. The minimum Gasteiger partial charge on any atom is -0.335 e. The van der Waals surface area contributed by atoms with Crippen molar-refractivity contribution in [1.82, 2.24) is 18.6 Å². The van der Waals surface area contributed by atoms with Gasteiger partial charge < -0.3 is 4.90 Å². The molecule has 8 nitrogen and oxygen atoms in total. The van der Waals surface area contributed by atoms with E-state index in [-0.39, 0.29) is 37.6 Å². The van der Waals surface area contributed by atoms with Gasteiger partial charge in [0.1, 0.15) is 6.54 Å². The summed E-state index contributed by atoms with van der Waals surface area (Å²) in [7, 11) is 0. The van der Waals surface area contributed by atoms with Gasteiger partial charge in [-0.3, -0.25) is 4.79 Å². The van der Waals surface area contributed by atoms with Gasteiger partial charge in [0.15, 0.2) is 0 Å². The van der Waals surface area contributed by atoms with Crippen LogP contribution in [-0.2, 0) is 24.4 Å². The Hall–Kier alpha value is -2.64. The Morgan fingerprint density at radius 3 is 1.69 bits per heavy atom. The fraction of sp³-hybridized carbons (Fsp3) is 0.619. The van der Waals surface area contributed by atoms with E-state index < -0.39 is 17.1 Å². The SMILES string of the molecule is C=CCn1c(=O)n(CC=C)c(=O)n(CC(=O)N(C2CCC(C)CC2)C2CC2)c1=O. The molecule has 0 unspecified atom stereocenters. The van der Waals surface area contributed by atoms with Gasteiger partial charge >= 0.3 is 17.1 Å². The summed E-state index contributed by atoms with van der Waals surface area (Å²) in [4.78, 5) is 53.2. The van der Waals surface area contributed by atoms with Gasteiger partial charge in [-0.15, -0.1) is 13.2 Å². The van der Waals surface area contributed by atoms with Gasteiger partial charge in [-0.25, -0.2) is 28.1 Å². The van der Waals surface area contributed by atoms with E-state index >= 15 is 0 Å². The molecule has 158 valence electrons. The van der Waals surface area contributed by atoms with Crippen molar-refractivity contribution >= 4 is 5.91 Å². The van der Waals surface area contributed by atoms with E-state index in [1.54, 1.807) is 0 Å². The second kappa shape index (κ2) is 8.80. The van der Waals surface area contributed by atoms with Crippen molar-refractivity contribution < 1.29 is 4.79 Å². The molecule has 3 rings (SSSR count). The van der Waals surface area contributed by atoms with Crippen LogP contribution in [0, 0.1) is 5.92 Å². The molecule has 0 radical (unpaired) electrons. The summed E-state index contributed by atoms with van der Waals surface area (Å²) < 4.78 is 2.72. The molecule has 2 aliphatic rings. The highest BCUT2D eigenvalue weighted by Crippen LogP contribution is 2.35. The first-order valence-electron chi connectivity index (χ1n) is 10.4. The zero-order chi connectivity index (χ0) is 21.1. The number of carbonyl (C=O) groups excluding carboxylic acids is 1. The summed E-state index contributed by atoms with van der Waals surface area (Å²) in [6.07, 6.45) is 8.82. The van der Waals surface area contributed by atoms with Gasteiger partial charge in [0.2, 0.25) is 5.91 Å². The largest absolute Gasteiger partial charge is 0.337 e. The average Bonchev–Trinajstić information content (AvgIpc) is 3.52. The molecule has 0 bridgehead atoms. The lowest BCUT2D eigenvalue weighted by atomic mass is 9.86. The maximum Gasteiger partial charge on any atom is 0.337 e. The second-order valence-electron chi connectivity index (χ2n) is 8.18. The lowest BCUT2D eigenvalue weighted by Gasteiger charge is -2.36. The molecule has 0 N–H and O–H groups in total. The van der Waals surface area contributed by atoms with Gasteiger partial charge in [-0.1, -0.05) is 19.1 Å². The van der Waals surface area contributed by atoms with Crippen LogP contribution in [0.4, 0.5) is 0 Å². The molecule has 2 aliphatic carbocycles. The fourth-order valence-corrected chi connectivity index (χ4v) is 4.18. The van der Waals surface area contributed by atoms with E-state index in [2.05, 4.69) is 20.1 Å². The van der Waals surface area contributed by atoms with Crippen LogP contribution in [0.3, 0.4) is 0 Å². The van der Waals surface area contributed by atoms with E-state index in [9.17, 15) is 19.2 Å². The number of amides is 1. The minimum absolute atomic E-state index is 0.0316. The van der Waals surface area contributed by atoms with Crippen molar-refractivity contribution in [2.24, 2.45) is 5.92 Å². The third-order valence-electron chi connectivity index (χ3n) is 5.91. The van der Waals surface area contributed by atoms with Crippen molar-refractivity contribution in [2.45, 2.75) is 77.2 Å². The van der Waals surface area contributed by atoms with Gasteiger partial charge in [-0.05, 0) is 44.4 Å². The Kier molecular flexibility index (Phi) is 6.39. The van der Waals surface area contributed by atoms with Crippen LogP contribution in [0.25, 0.3) is 0 Å². The van der Waals surface area contributed by atoms with Crippen LogP contribution in [0.2, 0.25) is 0 Å². The Morgan fingerprint density at radius 1 is 0.862 bits per heavy atom. The third-order valence-corrected chi connectivity index (χ3v) is 5.91. The first-order chi connectivity index (χ1) is 13.9. The standard InChI is InChI=1S/C21H30N4O4/c1-4-12-22-19(27)23(13-5-2)21(29)24(20(22)28)14-18(26)25(17-10-11-17)16-8-6-15(3)7-9-16/h4-5,15-17H,1-2,6-14H2,3H3. The summed E-state index contributed by atoms with van der Waals surface area (Å²) in [5.41, 5.74) is -2.27. The summed E-state index contributed by atoms with van der Waals surface area (Å²) >= 11 is 0. The van der Waals surface area contributed by atoms with Crippen molar-refractivity contribution in [3.8, 4) is 0 Å². The molecule has 0 saturated heterocycles. The van der Waals surface area contributed by atoms with Crippen LogP contribution in [0.5, 0.6) is 0 Å². The molecule has 1 amide bonds. The lowest BCUT2D eigenvalue weighted by molar-refractivity contribution is -0.136. The molecule has 0 aliphatic heterocycles. The predicted octanol–water partition coefficient (Wildman–Crippen LogP) is 1.11. The van der Waals surface area contributed by atoms with Crippen molar-refractivity contribution in [1.29, 1.82) is 0 Å². The highest BCUT2D eigenvalue weighted by Gasteiger charge is 2.38. The molecule has 1 heterocycles. The number of aromatic nitrogens is 3. The highest BCUT2D eigenvalue weighted by atomic mass is 16.2. The van der Waals surface area contributed by atoms with Crippen molar-refractivity contribution in [3.05, 3.63) is 56.8 Å². The van der Waals surface area contributed by atoms with Gasteiger partial charge in [0, 0.05) is 12.1 Å². The smallest absolute Gasteiger partial charge is 0.335 e. The molecule has 2 fully saturated rings. The number of allylic oxidation sites excluding steroid dienone is 2. The quantitative estimate of drug-likeness (QED) is 0.610. The maximum atomic E-state index is 13.2. The predicted molar refractivity (Wildman–Crippen MR) is 111 cm³/mol. The van der Waals surface area contributed by atoms with Gasteiger partial charge in [0.25, 0.3) is 0 Å². The Morgan fingerprint density at radius 2 is 1.28 bits per heavy atom. The normalized spacial score (nSPS) is 21.6. The Balaban J connectivity index is 1.95. The molecular weight excluding hydrogens is 372 g/mol. The number of rotatable bonds is 8. The van der Waals surface area contributed by atoms with Crippen LogP contribution in [0.1, 0.15) is 45.4 Å².